The van der Waals surface area contributed by atoms with E-state index in [1.54, 1.807) is 0 Å². The van der Waals surface area contributed by atoms with Crippen LogP contribution in [0.1, 0.15) is 0 Å². The van der Waals surface area contributed by atoms with Crippen LogP contribution >= 0.6 is 11.3 Å². The summed E-state index contributed by atoms with van der Waals surface area (Å²) in [4.78, 5) is 2.44. The summed E-state index contributed by atoms with van der Waals surface area (Å²) in [5.41, 5.74) is 15.4. The van der Waals surface area contributed by atoms with Crippen molar-refractivity contribution in [2.24, 2.45) is 0 Å². The van der Waals surface area contributed by atoms with Crippen LogP contribution in [0.2, 0.25) is 0 Å². The molecule has 0 atom stereocenters. The van der Waals surface area contributed by atoms with Crippen LogP contribution in [-0.4, -0.2) is 0 Å². The summed E-state index contributed by atoms with van der Waals surface area (Å²) in [5, 5.41) is 7.59. The molecule has 0 N–H and O–H groups in total. The Hall–Kier alpha value is -8.04. The summed E-state index contributed by atoms with van der Waals surface area (Å²) < 4.78 is 2.57. The standard InChI is InChI=1S/C62H41NS/c1-5-18-42(19-6-1)51-36-33-49(40-57(51)43-20-7-2-8-21-43)63(50-34-37-55-54-29-15-16-31-59(54)64-60(55)41-50)48-27-17-26-46(38-48)47-32-35-53-52-28-13-14-30-56(52)61(44-22-9-3-10-23-44)62(58(53)39-47)45-24-11-4-12-25-45/h1-41H. The molecule has 64 heavy (non-hydrogen) atoms. The highest BCUT2D eigenvalue weighted by molar-refractivity contribution is 7.25. The fraction of sp³-hybridized carbons (Fsp3) is 0. The number of hydrogen-bond acceptors (Lipinski definition) is 2. The smallest absolute Gasteiger partial charge is 0.0476 e. The molecule has 0 aliphatic carbocycles. The number of benzene rings is 11. The normalized spacial score (nSPS) is 11.4. The van der Waals surface area contributed by atoms with Crippen molar-refractivity contribution >= 4 is 70.1 Å². The van der Waals surface area contributed by atoms with Gasteiger partial charge in [-0.15, -0.1) is 11.3 Å². The van der Waals surface area contributed by atoms with Crippen molar-refractivity contribution in [3.8, 4) is 55.6 Å². The van der Waals surface area contributed by atoms with Crippen LogP contribution < -0.4 is 4.90 Å². The highest BCUT2D eigenvalue weighted by atomic mass is 32.1. The molecule has 0 spiro atoms. The number of fused-ring (bicyclic) bond motifs is 6. The molecule has 12 rings (SSSR count). The number of thiophene rings is 1. The van der Waals surface area contributed by atoms with Gasteiger partial charge in [-0.05, 0) is 126 Å². The van der Waals surface area contributed by atoms with E-state index in [4.69, 9.17) is 0 Å². The number of hydrogen-bond donors (Lipinski definition) is 0. The minimum atomic E-state index is 1.09. The lowest BCUT2D eigenvalue weighted by Gasteiger charge is -2.27. The van der Waals surface area contributed by atoms with Gasteiger partial charge in [0.05, 0.1) is 0 Å². The van der Waals surface area contributed by atoms with E-state index < -0.39 is 0 Å². The number of anilines is 3. The first kappa shape index (κ1) is 37.7. The van der Waals surface area contributed by atoms with Crippen molar-refractivity contribution in [1.82, 2.24) is 0 Å². The number of nitrogens with zero attached hydrogens (tertiary/aromatic N) is 1. The topological polar surface area (TPSA) is 3.24 Å². The van der Waals surface area contributed by atoms with E-state index >= 15 is 0 Å². The van der Waals surface area contributed by atoms with Crippen LogP contribution in [0.3, 0.4) is 0 Å². The lowest BCUT2D eigenvalue weighted by Crippen LogP contribution is -2.10. The first-order valence-electron chi connectivity index (χ1n) is 21.9. The molecule has 0 amide bonds. The number of rotatable bonds is 8. The Morgan fingerprint density at radius 2 is 0.703 bits per heavy atom. The Morgan fingerprint density at radius 1 is 0.234 bits per heavy atom. The molecule has 1 aromatic heterocycles. The van der Waals surface area contributed by atoms with Crippen LogP contribution in [0.15, 0.2) is 249 Å². The van der Waals surface area contributed by atoms with E-state index in [9.17, 15) is 0 Å². The highest BCUT2D eigenvalue weighted by Crippen LogP contribution is 2.47. The van der Waals surface area contributed by atoms with Gasteiger partial charge in [-0.1, -0.05) is 200 Å². The van der Waals surface area contributed by atoms with Crippen molar-refractivity contribution in [2.75, 3.05) is 4.90 Å². The van der Waals surface area contributed by atoms with Crippen molar-refractivity contribution in [3.05, 3.63) is 249 Å². The minimum absolute atomic E-state index is 1.09. The maximum Gasteiger partial charge on any atom is 0.0476 e. The summed E-state index contributed by atoms with van der Waals surface area (Å²) >= 11 is 1.86. The third-order valence-corrected chi connectivity index (χ3v) is 13.8. The Balaban J connectivity index is 1.07. The summed E-state index contributed by atoms with van der Waals surface area (Å²) in [6, 6.07) is 91.0. The van der Waals surface area contributed by atoms with E-state index in [0.29, 0.717) is 0 Å². The molecule has 0 unspecified atom stereocenters. The van der Waals surface area contributed by atoms with Crippen molar-refractivity contribution in [1.29, 1.82) is 0 Å². The largest absolute Gasteiger partial charge is 0.310 e. The van der Waals surface area contributed by atoms with Gasteiger partial charge in [0.15, 0.2) is 0 Å². The average molecular weight is 832 g/mol. The third-order valence-electron chi connectivity index (χ3n) is 12.6. The molecule has 1 nitrogen and oxygen atoms in total. The summed E-state index contributed by atoms with van der Waals surface area (Å²) in [6.45, 7) is 0. The first-order valence-corrected chi connectivity index (χ1v) is 22.7. The van der Waals surface area contributed by atoms with E-state index in [-0.39, 0.29) is 0 Å². The Kier molecular flexibility index (Phi) is 9.43. The molecule has 1 heterocycles. The van der Waals surface area contributed by atoms with Gasteiger partial charge in [0.2, 0.25) is 0 Å². The maximum absolute atomic E-state index is 2.44. The fourth-order valence-electron chi connectivity index (χ4n) is 9.70. The van der Waals surface area contributed by atoms with Gasteiger partial charge in [-0.3, -0.25) is 0 Å². The van der Waals surface area contributed by atoms with Gasteiger partial charge in [0.1, 0.15) is 0 Å². The van der Waals surface area contributed by atoms with Crippen LogP contribution in [0.4, 0.5) is 17.1 Å². The zero-order valence-corrected chi connectivity index (χ0v) is 35.8. The third kappa shape index (κ3) is 6.64. The first-order chi connectivity index (χ1) is 31.7. The molecule has 0 radical (unpaired) electrons. The van der Waals surface area contributed by atoms with E-state index in [1.807, 2.05) is 11.3 Å². The summed E-state index contributed by atoms with van der Waals surface area (Å²) in [6.07, 6.45) is 0. The van der Waals surface area contributed by atoms with Crippen molar-refractivity contribution in [3.63, 3.8) is 0 Å². The quantitative estimate of drug-likeness (QED) is 0.138. The Labute approximate surface area is 377 Å². The fourth-order valence-corrected chi connectivity index (χ4v) is 10.8. The molecule has 2 heteroatoms. The van der Waals surface area contributed by atoms with Crippen molar-refractivity contribution in [2.45, 2.75) is 0 Å². The molecular formula is C62H41NS. The van der Waals surface area contributed by atoms with E-state index in [0.717, 1.165) is 22.6 Å². The SMILES string of the molecule is c1ccc(-c2ccc(N(c3cccc(-c4ccc5c(c4)c(-c4ccccc4)c(-c4ccccc4)c4ccccc45)c3)c3ccc4c(c3)sc3ccccc34)cc2-c2ccccc2)cc1. The lowest BCUT2D eigenvalue weighted by atomic mass is 9.84. The molecule has 0 aliphatic heterocycles. The molecule has 0 saturated carbocycles. The minimum Gasteiger partial charge on any atom is -0.310 e. The van der Waals surface area contributed by atoms with Crippen LogP contribution in [-0.2, 0) is 0 Å². The molecule has 300 valence electrons. The lowest BCUT2D eigenvalue weighted by molar-refractivity contribution is 1.29. The van der Waals surface area contributed by atoms with E-state index in [2.05, 4.69) is 254 Å². The molecule has 0 aliphatic rings. The van der Waals surface area contributed by atoms with Gasteiger partial charge < -0.3 is 4.90 Å². The predicted molar refractivity (Wildman–Crippen MR) is 276 cm³/mol. The monoisotopic (exact) mass is 831 g/mol. The second-order valence-corrected chi connectivity index (χ2v) is 17.5. The maximum atomic E-state index is 2.44. The predicted octanol–water partition coefficient (Wildman–Crippen LogP) is 18.2. The van der Waals surface area contributed by atoms with Gasteiger partial charge in [0, 0.05) is 37.2 Å². The highest BCUT2D eigenvalue weighted by Gasteiger charge is 2.21. The molecule has 11 aromatic carbocycles. The second kappa shape index (κ2) is 16.0. The van der Waals surface area contributed by atoms with Crippen LogP contribution in [0.5, 0.6) is 0 Å². The Bertz CT molecular complexity index is 3650. The zero-order chi connectivity index (χ0) is 42.4. The van der Waals surface area contributed by atoms with Gasteiger partial charge in [0.25, 0.3) is 0 Å². The molecular weight excluding hydrogens is 791 g/mol. The molecule has 0 fully saturated rings. The van der Waals surface area contributed by atoms with Crippen LogP contribution in [0, 0.1) is 0 Å². The average Bonchev–Trinajstić information content (AvgIpc) is 3.75. The zero-order valence-electron chi connectivity index (χ0n) is 35.0. The molecule has 0 saturated heterocycles. The summed E-state index contributed by atoms with van der Waals surface area (Å²) in [7, 11) is 0. The van der Waals surface area contributed by atoms with Gasteiger partial charge in [-0.2, -0.15) is 0 Å². The second-order valence-electron chi connectivity index (χ2n) is 16.4. The van der Waals surface area contributed by atoms with Crippen molar-refractivity contribution < 1.29 is 0 Å². The summed E-state index contributed by atoms with van der Waals surface area (Å²) in [5.74, 6) is 0. The van der Waals surface area contributed by atoms with E-state index in [1.165, 1.54) is 91.8 Å². The molecule has 12 aromatic rings. The molecule has 0 bridgehead atoms. The Morgan fingerprint density at radius 3 is 1.41 bits per heavy atom. The van der Waals surface area contributed by atoms with Crippen LogP contribution in [0.25, 0.3) is 97.4 Å². The van der Waals surface area contributed by atoms with Gasteiger partial charge >= 0.3 is 0 Å². The van der Waals surface area contributed by atoms with Gasteiger partial charge in [-0.25, -0.2) is 0 Å².